The number of aromatic nitrogens is 2. The Morgan fingerprint density at radius 2 is 2.12 bits per heavy atom. The molecular weight excluding hydrogens is 300 g/mol. The van der Waals surface area contributed by atoms with Crippen LogP contribution in [0.1, 0.15) is 12.8 Å². The summed E-state index contributed by atoms with van der Waals surface area (Å²) in [6.07, 6.45) is 5.33. The summed E-state index contributed by atoms with van der Waals surface area (Å²) in [5, 5.41) is 0.962. The fourth-order valence-corrected chi connectivity index (χ4v) is 2.85. The first kappa shape index (κ1) is 16.0. The van der Waals surface area contributed by atoms with Gasteiger partial charge in [0.25, 0.3) is 5.56 Å². The first-order valence-corrected chi connectivity index (χ1v) is 7.98. The predicted molar refractivity (Wildman–Crippen MR) is 97.4 cm³/mol. The second kappa shape index (κ2) is 7.13. The Morgan fingerprint density at radius 1 is 1.25 bits per heavy atom. The van der Waals surface area contributed by atoms with E-state index in [1.54, 1.807) is 23.9 Å². The Balaban J connectivity index is 2.18. The molecule has 2 aromatic heterocycles. The van der Waals surface area contributed by atoms with E-state index in [4.69, 9.17) is 4.74 Å². The van der Waals surface area contributed by atoms with E-state index < -0.39 is 0 Å². The molecule has 24 heavy (non-hydrogen) atoms. The molecule has 0 aliphatic carbocycles. The molecule has 4 heteroatoms. The molecule has 0 atom stereocenters. The van der Waals surface area contributed by atoms with Crippen molar-refractivity contribution in [1.29, 1.82) is 0 Å². The minimum atomic E-state index is -0.0388. The lowest BCUT2D eigenvalue weighted by Gasteiger charge is -2.13. The maximum absolute atomic E-state index is 12.6. The summed E-state index contributed by atoms with van der Waals surface area (Å²) in [6, 6.07) is 13.3. The third kappa shape index (κ3) is 3.08. The van der Waals surface area contributed by atoms with E-state index >= 15 is 0 Å². The van der Waals surface area contributed by atoms with Gasteiger partial charge in [0.2, 0.25) is 0 Å². The van der Waals surface area contributed by atoms with Crippen molar-refractivity contribution in [2.24, 2.45) is 0 Å². The zero-order valence-electron chi connectivity index (χ0n) is 13.7. The van der Waals surface area contributed by atoms with Crippen LogP contribution < -0.4 is 10.3 Å². The standard InChI is InChI=1S/C20H20N2O2/c1-3-4-5-12-22-19(23)14-18(17-10-7-11-21-20(17)22)15-8-6-9-16(13-15)24-2/h3,6-11,13-14H,1,4-5,12H2,2H3. The summed E-state index contributed by atoms with van der Waals surface area (Å²) < 4.78 is 7.04. The van der Waals surface area contributed by atoms with Gasteiger partial charge < -0.3 is 4.74 Å². The third-order valence-electron chi connectivity index (χ3n) is 4.04. The summed E-state index contributed by atoms with van der Waals surface area (Å²) in [4.78, 5) is 17.1. The van der Waals surface area contributed by atoms with Gasteiger partial charge in [0, 0.05) is 24.2 Å². The number of hydrogen-bond acceptors (Lipinski definition) is 3. The van der Waals surface area contributed by atoms with E-state index in [0.29, 0.717) is 12.2 Å². The molecule has 0 spiro atoms. The Hall–Kier alpha value is -2.88. The summed E-state index contributed by atoms with van der Waals surface area (Å²) in [7, 11) is 1.64. The van der Waals surface area contributed by atoms with E-state index in [-0.39, 0.29) is 5.56 Å². The van der Waals surface area contributed by atoms with E-state index in [2.05, 4.69) is 11.6 Å². The highest BCUT2D eigenvalue weighted by molar-refractivity contribution is 5.92. The van der Waals surface area contributed by atoms with Crippen molar-refractivity contribution in [3.05, 3.63) is 71.7 Å². The smallest absolute Gasteiger partial charge is 0.252 e. The number of allylic oxidation sites excluding steroid dienone is 1. The Morgan fingerprint density at radius 3 is 2.92 bits per heavy atom. The normalized spacial score (nSPS) is 10.7. The van der Waals surface area contributed by atoms with Gasteiger partial charge in [-0.15, -0.1) is 6.58 Å². The summed E-state index contributed by atoms with van der Waals surface area (Å²) in [6.45, 7) is 4.37. The molecule has 1 aromatic carbocycles. The van der Waals surface area contributed by atoms with Gasteiger partial charge in [-0.3, -0.25) is 9.36 Å². The minimum absolute atomic E-state index is 0.0388. The average Bonchev–Trinajstić information content (AvgIpc) is 2.63. The fraction of sp³-hybridized carbons (Fsp3) is 0.200. The fourth-order valence-electron chi connectivity index (χ4n) is 2.85. The largest absolute Gasteiger partial charge is 0.497 e. The summed E-state index contributed by atoms with van der Waals surface area (Å²) in [5.74, 6) is 0.764. The monoisotopic (exact) mass is 320 g/mol. The maximum Gasteiger partial charge on any atom is 0.252 e. The van der Waals surface area contributed by atoms with Gasteiger partial charge in [0.05, 0.1) is 7.11 Å². The number of unbranched alkanes of at least 4 members (excludes halogenated alkanes) is 1. The highest BCUT2D eigenvalue weighted by Crippen LogP contribution is 2.28. The number of rotatable bonds is 6. The number of nitrogens with zero attached hydrogens (tertiary/aromatic N) is 2. The molecular formula is C20H20N2O2. The Kier molecular flexibility index (Phi) is 4.75. The van der Waals surface area contributed by atoms with Gasteiger partial charge in [-0.05, 0) is 48.2 Å². The number of pyridine rings is 2. The number of fused-ring (bicyclic) bond motifs is 1. The molecule has 0 N–H and O–H groups in total. The van der Waals surface area contributed by atoms with Crippen molar-refractivity contribution in [1.82, 2.24) is 9.55 Å². The molecule has 0 fully saturated rings. The lowest BCUT2D eigenvalue weighted by Crippen LogP contribution is -2.21. The highest BCUT2D eigenvalue weighted by Gasteiger charge is 2.11. The molecule has 0 aliphatic rings. The molecule has 3 rings (SSSR count). The van der Waals surface area contributed by atoms with Crippen LogP contribution in [0, 0.1) is 0 Å². The van der Waals surface area contributed by atoms with E-state index in [1.165, 1.54) is 0 Å². The van der Waals surface area contributed by atoms with E-state index in [0.717, 1.165) is 35.1 Å². The summed E-state index contributed by atoms with van der Waals surface area (Å²) >= 11 is 0. The molecule has 0 bridgehead atoms. The lowest BCUT2D eigenvalue weighted by atomic mass is 10.0. The van der Waals surface area contributed by atoms with Crippen LogP contribution >= 0.6 is 0 Å². The van der Waals surface area contributed by atoms with Crippen LogP contribution in [0.25, 0.3) is 22.2 Å². The molecule has 0 unspecified atom stereocenters. The van der Waals surface area contributed by atoms with Crippen LogP contribution in [0.3, 0.4) is 0 Å². The van der Waals surface area contributed by atoms with E-state index in [9.17, 15) is 4.79 Å². The minimum Gasteiger partial charge on any atom is -0.497 e. The number of methoxy groups -OCH3 is 1. The van der Waals surface area contributed by atoms with Crippen LogP contribution in [0.4, 0.5) is 0 Å². The lowest BCUT2D eigenvalue weighted by molar-refractivity contribution is 0.415. The van der Waals surface area contributed by atoms with Crippen molar-refractivity contribution in [2.75, 3.05) is 7.11 Å². The number of ether oxygens (including phenoxy) is 1. The zero-order valence-corrected chi connectivity index (χ0v) is 13.7. The van der Waals surface area contributed by atoms with Crippen molar-refractivity contribution in [3.63, 3.8) is 0 Å². The van der Waals surface area contributed by atoms with Gasteiger partial charge in [-0.1, -0.05) is 18.2 Å². The molecule has 3 aromatic rings. The Labute approximate surface area is 141 Å². The third-order valence-corrected chi connectivity index (χ3v) is 4.04. The van der Waals surface area contributed by atoms with Crippen LogP contribution in [-0.2, 0) is 6.54 Å². The zero-order chi connectivity index (χ0) is 16.9. The number of hydrogen-bond donors (Lipinski definition) is 0. The van der Waals surface area contributed by atoms with Crippen LogP contribution in [0.5, 0.6) is 5.75 Å². The first-order valence-electron chi connectivity index (χ1n) is 7.98. The quantitative estimate of drug-likeness (QED) is 0.508. The van der Waals surface area contributed by atoms with Gasteiger partial charge >= 0.3 is 0 Å². The van der Waals surface area contributed by atoms with Crippen LogP contribution in [-0.4, -0.2) is 16.7 Å². The summed E-state index contributed by atoms with van der Waals surface area (Å²) in [5.41, 5.74) is 2.50. The molecule has 0 saturated carbocycles. The van der Waals surface area contributed by atoms with Crippen molar-refractivity contribution in [2.45, 2.75) is 19.4 Å². The second-order valence-electron chi connectivity index (χ2n) is 5.59. The number of benzene rings is 1. The molecule has 0 saturated heterocycles. The molecule has 0 radical (unpaired) electrons. The second-order valence-corrected chi connectivity index (χ2v) is 5.59. The molecule has 0 amide bonds. The molecule has 122 valence electrons. The SMILES string of the molecule is C=CCCCn1c(=O)cc(-c2cccc(OC)c2)c2cccnc21. The van der Waals surface area contributed by atoms with Gasteiger partial charge in [0.15, 0.2) is 0 Å². The van der Waals surface area contributed by atoms with Crippen LogP contribution in [0.2, 0.25) is 0 Å². The van der Waals surface area contributed by atoms with Gasteiger partial charge in [0.1, 0.15) is 11.4 Å². The van der Waals surface area contributed by atoms with Crippen LogP contribution in [0.15, 0.2) is 66.1 Å². The molecule has 4 nitrogen and oxygen atoms in total. The Bertz CT molecular complexity index is 928. The maximum atomic E-state index is 12.6. The first-order chi connectivity index (χ1) is 11.7. The van der Waals surface area contributed by atoms with Crippen molar-refractivity contribution < 1.29 is 4.74 Å². The van der Waals surface area contributed by atoms with E-state index in [1.807, 2.05) is 42.5 Å². The predicted octanol–water partition coefficient (Wildman–Crippen LogP) is 4.04. The van der Waals surface area contributed by atoms with Gasteiger partial charge in [-0.2, -0.15) is 0 Å². The molecule has 2 heterocycles. The van der Waals surface area contributed by atoms with Gasteiger partial charge in [-0.25, -0.2) is 4.98 Å². The topological polar surface area (TPSA) is 44.1 Å². The highest BCUT2D eigenvalue weighted by atomic mass is 16.5. The number of aryl methyl sites for hydroxylation is 1. The van der Waals surface area contributed by atoms with Crippen molar-refractivity contribution >= 4 is 11.0 Å². The average molecular weight is 320 g/mol. The molecule has 0 aliphatic heterocycles. The van der Waals surface area contributed by atoms with Crippen molar-refractivity contribution in [3.8, 4) is 16.9 Å².